The fraction of sp³-hybridized carbons (Fsp3) is 0.524. The van der Waals surface area contributed by atoms with E-state index in [1.807, 2.05) is 45.2 Å². The van der Waals surface area contributed by atoms with Crippen molar-refractivity contribution >= 4 is 34.2 Å². The topological polar surface area (TPSA) is 85.8 Å². The molecule has 3 rings (SSSR count). The van der Waals surface area contributed by atoms with Gasteiger partial charge in [-0.1, -0.05) is 32.9 Å². The van der Waals surface area contributed by atoms with Crippen LogP contribution in [-0.2, 0) is 17.8 Å². The molecule has 0 spiro atoms. The van der Waals surface area contributed by atoms with Crippen LogP contribution in [0.5, 0.6) is 0 Å². The predicted octanol–water partition coefficient (Wildman–Crippen LogP) is 2.59. The first kappa shape index (κ1) is 22.0. The highest BCUT2D eigenvalue weighted by Gasteiger charge is 2.22. The first-order valence-electron chi connectivity index (χ1n) is 10.4. The van der Waals surface area contributed by atoms with E-state index in [4.69, 9.17) is 0 Å². The lowest BCUT2D eigenvalue weighted by molar-refractivity contribution is -0.118. The van der Waals surface area contributed by atoms with Gasteiger partial charge in [0.05, 0.1) is 0 Å². The third-order valence-electron chi connectivity index (χ3n) is 5.03. The van der Waals surface area contributed by atoms with Crippen molar-refractivity contribution in [2.24, 2.45) is 10.9 Å². The molecule has 1 aromatic carbocycles. The summed E-state index contributed by atoms with van der Waals surface area (Å²) in [7, 11) is 1.82. The lowest BCUT2D eigenvalue weighted by Crippen LogP contribution is -2.52. The summed E-state index contributed by atoms with van der Waals surface area (Å²) in [6, 6.07) is 7.92. The summed E-state index contributed by atoms with van der Waals surface area (Å²) in [5, 5.41) is 7.37. The van der Waals surface area contributed by atoms with Crippen molar-refractivity contribution in [1.29, 1.82) is 0 Å². The Labute approximate surface area is 182 Å². The lowest BCUT2D eigenvalue weighted by Gasteiger charge is -2.36. The standard InChI is InChI=1S/C21H31N7OS/c1-5-18-25-21(30-26-18)28-12-10-27(11-13-28)20(22-4)23-14-16-6-8-17(9-7-16)24-19(29)15(2)3/h6-9,15H,5,10-14H2,1-4H3,(H,22,23)(H,24,29). The van der Waals surface area contributed by atoms with E-state index in [-0.39, 0.29) is 11.8 Å². The number of nitrogens with zero attached hydrogens (tertiary/aromatic N) is 5. The van der Waals surface area contributed by atoms with Gasteiger partial charge in [0.2, 0.25) is 11.0 Å². The molecule has 30 heavy (non-hydrogen) atoms. The first-order chi connectivity index (χ1) is 14.5. The molecule has 2 heterocycles. The number of guanidine groups is 1. The molecule has 0 aliphatic carbocycles. The molecule has 0 unspecified atom stereocenters. The van der Waals surface area contributed by atoms with E-state index in [1.54, 1.807) is 0 Å². The van der Waals surface area contributed by atoms with Crippen molar-refractivity contribution in [1.82, 2.24) is 19.6 Å². The summed E-state index contributed by atoms with van der Waals surface area (Å²) in [5.41, 5.74) is 1.96. The van der Waals surface area contributed by atoms with Crippen molar-refractivity contribution in [3.05, 3.63) is 35.7 Å². The zero-order valence-electron chi connectivity index (χ0n) is 18.2. The third kappa shape index (κ3) is 5.69. The molecule has 1 fully saturated rings. The highest BCUT2D eigenvalue weighted by atomic mass is 32.1. The van der Waals surface area contributed by atoms with Gasteiger partial charge in [-0.25, -0.2) is 4.98 Å². The number of carbonyl (C=O) groups is 1. The van der Waals surface area contributed by atoms with E-state index in [9.17, 15) is 4.79 Å². The lowest BCUT2D eigenvalue weighted by atomic mass is 10.1. The van der Waals surface area contributed by atoms with Crippen molar-refractivity contribution < 1.29 is 4.79 Å². The van der Waals surface area contributed by atoms with Gasteiger partial charge in [0.1, 0.15) is 5.82 Å². The molecule has 1 amide bonds. The summed E-state index contributed by atoms with van der Waals surface area (Å²) < 4.78 is 4.39. The summed E-state index contributed by atoms with van der Waals surface area (Å²) in [6.07, 6.45) is 0.873. The molecule has 0 atom stereocenters. The number of aryl methyl sites for hydroxylation is 1. The van der Waals surface area contributed by atoms with Crippen molar-refractivity contribution in [3.63, 3.8) is 0 Å². The van der Waals surface area contributed by atoms with Crippen LogP contribution >= 0.6 is 11.5 Å². The summed E-state index contributed by atoms with van der Waals surface area (Å²) in [4.78, 5) is 25.4. The van der Waals surface area contributed by atoms with Gasteiger partial charge in [-0.05, 0) is 17.7 Å². The molecular formula is C21H31N7OS. The quantitative estimate of drug-likeness (QED) is 0.542. The monoisotopic (exact) mass is 429 g/mol. The Morgan fingerprint density at radius 2 is 1.90 bits per heavy atom. The average Bonchev–Trinajstić information content (AvgIpc) is 3.25. The number of hydrogen-bond donors (Lipinski definition) is 2. The first-order valence-corrected chi connectivity index (χ1v) is 11.2. The number of carbonyl (C=O) groups excluding carboxylic acids is 1. The molecule has 162 valence electrons. The van der Waals surface area contributed by atoms with Gasteiger partial charge in [0.25, 0.3) is 0 Å². The number of amides is 1. The zero-order valence-corrected chi connectivity index (χ0v) is 19.0. The van der Waals surface area contributed by atoms with Crippen molar-refractivity contribution in [2.45, 2.75) is 33.7 Å². The largest absolute Gasteiger partial charge is 0.352 e. The van der Waals surface area contributed by atoms with Crippen LogP contribution in [0.3, 0.4) is 0 Å². The minimum absolute atomic E-state index is 0.0277. The molecule has 1 aliphatic heterocycles. The molecule has 1 aliphatic rings. The maximum atomic E-state index is 11.8. The van der Waals surface area contributed by atoms with E-state index < -0.39 is 0 Å². The number of anilines is 2. The van der Waals surface area contributed by atoms with Crippen LogP contribution in [0.25, 0.3) is 0 Å². The number of piperazine rings is 1. The van der Waals surface area contributed by atoms with Crippen molar-refractivity contribution in [2.75, 3.05) is 43.4 Å². The van der Waals surface area contributed by atoms with Gasteiger partial charge in [0.15, 0.2) is 5.96 Å². The van der Waals surface area contributed by atoms with E-state index >= 15 is 0 Å². The Bertz CT molecular complexity index is 854. The Morgan fingerprint density at radius 1 is 1.20 bits per heavy atom. The molecule has 0 radical (unpaired) electrons. The van der Waals surface area contributed by atoms with E-state index in [0.29, 0.717) is 6.54 Å². The highest BCUT2D eigenvalue weighted by molar-refractivity contribution is 7.09. The minimum atomic E-state index is -0.0318. The minimum Gasteiger partial charge on any atom is -0.352 e. The second kappa shape index (κ2) is 10.4. The van der Waals surface area contributed by atoms with Crippen LogP contribution in [0.1, 0.15) is 32.2 Å². The fourth-order valence-electron chi connectivity index (χ4n) is 3.13. The Hall–Kier alpha value is -2.68. The van der Waals surface area contributed by atoms with Crippen LogP contribution in [0.2, 0.25) is 0 Å². The third-order valence-corrected chi connectivity index (χ3v) is 5.85. The van der Waals surface area contributed by atoms with Crippen LogP contribution in [0.15, 0.2) is 29.3 Å². The maximum absolute atomic E-state index is 11.8. The summed E-state index contributed by atoms with van der Waals surface area (Å²) in [6.45, 7) is 10.1. The molecule has 1 saturated heterocycles. The average molecular weight is 430 g/mol. The second-order valence-electron chi connectivity index (χ2n) is 7.56. The van der Waals surface area contributed by atoms with Gasteiger partial charge < -0.3 is 20.4 Å². The maximum Gasteiger partial charge on any atom is 0.226 e. The van der Waals surface area contributed by atoms with Crippen LogP contribution < -0.4 is 15.5 Å². The number of aliphatic imine (C=N–C) groups is 1. The zero-order chi connectivity index (χ0) is 21.5. The summed E-state index contributed by atoms with van der Waals surface area (Å²) in [5.74, 6) is 1.82. The molecule has 9 heteroatoms. The Balaban J connectivity index is 1.48. The highest BCUT2D eigenvalue weighted by Crippen LogP contribution is 2.19. The Morgan fingerprint density at radius 3 is 2.47 bits per heavy atom. The molecular weight excluding hydrogens is 398 g/mol. The fourth-order valence-corrected chi connectivity index (χ4v) is 3.93. The Kier molecular flexibility index (Phi) is 7.62. The predicted molar refractivity (Wildman–Crippen MR) is 123 cm³/mol. The van der Waals surface area contributed by atoms with Crippen molar-refractivity contribution in [3.8, 4) is 0 Å². The number of benzene rings is 1. The molecule has 8 nitrogen and oxygen atoms in total. The number of aromatic nitrogens is 2. The van der Waals surface area contributed by atoms with Crippen LogP contribution in [0.4, 0.5) is 10.8 Å². The molecule has 0 saturated carbocycles. The molecule has 2 N–H and O–H groups in total. The van der Waals surface area contributed by atoms with E-state index in [1.165, 1.54) is 11.5 Å². The molecule has 2 aromatic rings. The molecule has 1 aromatic heterocycles. The van der Waals surface area contributed by atoms with Crippen LogP contribution in [0, 0.1) is 5.92 Å². The normalized spacial score (nSPS) is 14.9. The van der Waals surface area contributed by atoms with Gasteiger partial charge in [-0.2, -0.15) is 4.37 Å². The smallest absolute Gasteiger partial charge is 0.226 e. The van der Waals surface area contributed by atoms with E-state index in [2.05, 4.69) is 41.7 Å². The van der Waals surface area contributed by atoms with E-state index in [0.717, 1.165) is 60.8 Å². The van der Waals surface area contributed by atoms with Gasteiger partial charge >= 0.3 is 0 Å². The SMILES string of the molecule is CCc1nsc(N2CCN(C(=NC)NCc3ccc(NC(=O)C(C)C)cc3)CC2)n1. The molecule has 0 bridgehead atoms. The number of hydrogen-bond acceptors (Lipinski definition) is 6. The summed E-state index contributed by atoms with van der Waals surface area (Å²) >= 11 is 1.48. The van der Waals surface area contributed by atoms with Gasteiger partial charge in [-0.15, -0.1) is 0 Å². The van der Waals surface area contributed by atoms with Gasteiger partial charge in [0, 0.05) is 69.3 Å². The number of rotatable bonds is 6. The second-order valence-corrected chi connectivity index (χ2v) is 8.29. The van der Waals surface area contributed by atoms with Gasteiger partial charge in [-0.3, -0.25) is 9.79 Å². The van der Waals surface area contributed by atoms with Crippen LogP contribution in [-0.4, -0.2) is 59.4 Å². The number of nitrogens with one attached hydrogen (secondary N) is 2.